The second-order valence-corrected chi connectivity index (χ2v) is 4.10. The number of allylic oxidation sites excluding steroid dienone is 1. The van der Waals surface area contributed by atoms with Crippen LogP contribution >= 0.6 is 0 Å². The third-order valence-corrected chi connectivity index (χ3v) is 2.95. The molecule has 1 rings (SSSR count). The van der Waals surface area contributed by atoms with Gasteiger partial charge in [0.2, 0.25) is 0 Å². The van der Waals surface area contributed by atoms with Crippen LogP contribution in [0.5, 0.6) is 0 Å². The van der Waals surface area contributed by atoms with E-state index in [1.807, 2.05) is 26.8 Å². The van der Waals surface area contributed by atoms with Crippen molar-refractivity contribution in [3.63, 3.8) is 0 Å². The highest BCUT2D eigenvalue weighted by atomic mass is 16.5. The van der Waals surface area contributed by atoms with E-state index in [1.54, 1.807) is 13.4 Å². The van der Waals surface area contributed by atoms with E-state index in [-0.39, 0.29) is 17.8 Å². The number of rotatable bonds is 4. The van der Waals surface area contributed by atoms with E-state index in [4.69, 9.17) is 9.47 Å². The van der Waals surface area contributed by atoms with Crippen LogP contribution < -0.4 is 0 Å². The van der Waals surface area contributed by atoms with Gasteiger partial charge in [0.15, 0.2) is 5.78 Å². The Morgan fingerprint density at radius 2 is 2.17 bits per heavy atom. The van der Waals surface area contributed by atoms with Gasteiger partial charge in [-0.1, -0.05) is 0 Å². The Morgan fingerprint density at radius 3 is 2.67 bits per heavy atom. The number of carbonyl (C=O) groups is 1. The first-order valence-electron chi connectivity index (χ1n) is 6.12. The Balaban J connectivity index is 0.00000137. The summed E-state index contributed by atoms with van der Waals surface area (Å²) in [5.74, 6) is 0.301. The first-order valence-corrected chi connectivity index (χ1v) is 6.12. The predicted octanol–water partition coefficient (Wildman–Crippen LogP) is 3.28. The number of methoxy groups -OCH3 is 1. The molecule has 2 atom stereocenters. The van der Waals surface area contributed by atoms with Crippen molar-refractivity contribution in [3.05, 3.63) is 36.6 Å². The summed E-state index contributed by atoms with van der Waals surface area (Å²) in [5.41, 5.74) is 1.86. The molecule has 0 spiro atoms. The molecule has 0 bridgehead atoms. The Morgan fingerprint density at radius 1 is 1.56 bits per heavy atom. The second kappa shape index (κ2) is 8.70. The predicted molar refractivity (Wildman–Crippen MR) is 74.3 cm³/mol. The first-order chi connectivity index (χ1) is 8.60. The average Bonchev–Trinajstić information content (AvgIpc) is 2.40. The molecule has 0 fully saturated rings. The van der Waals surface area contributed by atoms with E-state index >= 15 is 0 Å². The third-order valence-electron chi connectivity index (χ3n) is 2.95. The van der Waals surface area contributed by atoms with E-state index < -0.39 is 0 Å². The van der Waals surface area contributed by atoms with Crippen LogP contribution in [0.2, 0.25) is 0 Å². The minimum Gasteiger partial charge on any atom is -0.502 e. The van der Waals surface area contributed by atoms with Crippen molar-refractivity contribution in [1.82, 2.24) is 0 Å². The smallest absolute Gasteiger partial charge is 0.159 e. The Bertz CT molecular complexity index is 329. The van der Waals surface area contributed by atoms with Gasteiger partial charge < -0.3 is 9.47 Å². The zero-order valence-electron chi connectivity index (χ0n) is 11.9. The molecule has 0 heterocycles. The monoisotopic (exact) mass is 252 g/mol. The number of ether oxygens (including phenoxy) is 2. The Labute approximate surface area is 110 Å². The number of carbonyl (C=O) groups excluding carboxylic acids is 1. The number of Topliss-reactive ketones (excluding diaryl/α,β-unsaturated/α-hetero) is 1. The van der Waals surface area contributed by atoms with Crippen LogP contribution in [-0.2, 0) is 14.3 Å². The van der Waals surface area contributed by atoms with Gasteiger partial charge in [0, 0.05) is 19.4 Å². The van der Waals surface area contributed by atoms with E-state index in [0.717, 1.165) is 11.1 Å². The van der Waals surface area contributed by atoms with Gasteiger partial charge in [-0.3, -0.25) is 4.79 Å². The topological polar surface area (TPSA) is 35.5 Å². The number of ketones is 1. The summed E-state index contributed by atoms with van der Waals surface area (Å²) in [6.45, 7) is 12.4. The molecule has 18 heavy (non-hydrogen) atoms. The van der Waals surface area contributed by atoms with Gasteiger partial charge in [-0.15, -0.1) is 13.2 Å². The minimum absolute atomic E-state index is 0.0191. The fourth-order valence-corrected chi connectivity index (χ4v) is 1.89. The quantitative estimate of drug-likeness (QED) is 0.569. The molecular weight excluding hydrogens is 228 g/mol. The van der Waals surface area contributed by atoms with Gasteiger partial charge in [0.1, 0.15) is 0 Å². The van der Waals surface area contributed by atoms with Crippen LogP contribution in [0.4, 0.5) is 0 Å². The van der Waals surface area contributed by atoms with Gasteiger partial charge in [-0.2, -0.15) is 0 Å². The maximum absolute atomic E-state index is 11.7. The molecule has 0 saturated heterocycles. The lowest BCUT2D eigenvalue weighted by Gasteiger charge is -2.28. The Hall–Kier alpha value is -1.35. The fourth-order valence-electron chi connectivity index (χ4n) is 1.89. The minimum atomic E-state index is -0.0191. The van der Waals surface area contributed by atoms with Crippen LogP contribution in [0.3, 0.4) is 0 Å². The third kappa shape index (κ3) is 4.49. The van der Waals surface area contributed by atoms with Crippen LogP contribution in [0, 0.1) is 5.92 Å². The molecule has 0 aromatic carbocycles. The van der Waals surface area contributed by atoms with Crippen molar-refractivity contribution < 1.29 is 14.3 Å². The molecule has 1 aliphatic carbocycles. The maximum atomic E-state index is 11.7. The largest absolute Gasteiger partial charge is 0.502 e. The van der Waals surface area contributed by atoms with Crippen molar-refractivity contribution in [2.24, 2.45) is 5.92 Å². The molecule has 0 saturated carbocycles. The lowest BCUT2D eigenvalue weighted by molar-refractivity contribution is -0.117. The normalized spacial score (nSPS) is 23.9. The zero-order valence-corrected chi connectivity index (χ0v) is 11.9. The second-order valence-electron chi connectivity index (χ2n) is 4.10. The van der Waals surface area contributed by atoms with Gasteiger partial charge in [-0.05, 0) is 38.0 Å². The van der Waals surface area contributed by atoms with Gasteiger partial charge in [-0.25, -0.2) is 0 Å². The molecular formula is C15H24O3. The zero-order chi connectivity index (χ0) is 14.1. The molecule has 1 aliphatic rings. The summed E-state index contributed by atoms with van der Waals surface area (Å²) < 4.78 is 10.7. The molecule has 3 heteroatoms. The fraction of sp³-hybridized carbons (Fsp3) is 0.533. The lowest BCUT2D eigenvalue weighted by Crippen LogP contribution is -2.29. The molecule has 0 aromatic rings. The standard InChI is InChI=1S/C13H20O3.C2H4/c1-5-16-8-10(3)11-7-12(14)9(2)6-13(11)15-4;1-2/h6,8,11,13H,5,7H2,1-4H3;1-2H2/b10-8-;/t11?,13-;/m0./s1. The van der Waals surface area contributed by atoms with Crippen molar-refractivity contribution in [2.75, 3.05) is 13.7 Å². The Kier molecular flexibility index (Phi) is 8.05. The van der Waals surface area contributed by atoms with Crippen molar-refractivity contribution in [1.29, 1.82) is 0 Å². The SMILES string of the molecule is C=C.CCO/C=C(/C)C1CC(=O)C(C)=C[C@@H]1OC. The molecule has 102 valence electrons. The van der Waals surface area contributed by atoms with Gasteiger partial charge in [0.25, 0.3) is 0 Å². The van der Waals surface area contributed by atoms with Crippen LogP contribution in [0.1, 0.15) is 27.2 Å². The maximum Gasteiger partial charge on any atom is 0.159 e. The lowest BCUT2D eigenvalue weighted by atomic mass is 9.83. The molecule has 0 radical (unpaired) electrons. The van der Waals surface area contributed by atoms with E-state index in [0.29, 0.717) is 13.0 Å². The summed E-state index contributed by atoms with van der Waals surface area (Å²) in [4.78, 5) is 11.7. The molecule has 0 amide bonds. The van der Waals surface area contributed by atoms with Gasteiger partial charge >= 0.3 is 0 Å². The summed E-state index contributed by atoms with van der Waals surface area (Å²) in [7, 11) is 1.67. The highest BCUT2D eigenvalue weighted by Crippen LogP contribution is 2.29. The van der Waals surface area contributed by atoms with Gasteiger partial charge in [0.05, 0.1) is 19.0 Å². The summed E-state index contributed by atoms with van der Waals surface area (Å²) >= 11 is 0. The summed E-state index contributed by atoms with van der Waals surface area (Å²) in [6.07, 6.45) is 4.13. The highest BCUT2D eigenvalue weighted by molar-refractivity contribution is 5.96. The molecule has 0 aliphatic heterocycles. The van der Waals surface area contributed by atoms with Crippen molar-refractivity contribution in [2.45, 2.75) is 33.3 Å². The molecule has 1 unspecified atom stereocenters. The molecule has 3 nitrogen and oxygen atoms in total. The average molecular weight is 252 g/mol. The van der Waals surface area contributed by atoms with Crippen LogP contribution in [0.15, 0.2) is 36.6 Å². The van der Waals surface area contributed by atoms with E-state index in [9.17, 15) is 4.79 Å². The molecule has 0 N–H and O–H groups in total. The van der Waals surface area contributed by atoms with E-state index in [2.05, 4.69) is 13.2 Å². The number of hydrogen-bond donors (Lipinski definition) is 0. The summed E-state index contributed by atoms with van der Waals surface area (Å²) in [5, 5.41) is 0. The van der Waals surface area contributed by atoms with E-state index in [1.165, 1.54) is 0 Å². The first kappa shape index (κ1) is 16.6. The van der Waals surface area contributed by atoms with Crippen LogP contribution in [-0.4, -0.2) is 25.6 Å². The summed E-state index contributed by atoms with van der Waals surface area (Å²) in [6, 6.07) is 0. The van der Waals surface area contributed by atoms with Crippen molar-refractivity contribution in [3.8, 4) is 0 Å². The number of hydrogen-bond acceptors (Lipinski definition) is 3. The van der Waals surface area contributed by atoms with Crippen molar-refractivity contribution >= 4 is 5.78 Å². The highest BCUT2D eigenvalue weighted by Gasteiger charge is 2.29. The van der Waals surface area contributed by atoms with Crippen LogP contribution in [0.25, 0.3) is 0 Å². The molecule has 0 aromatic heterocycles.